The number of anilines is 1. The molecule has 2 N–H and O–H groups in total. The molecule has 3 aromatic carbocycles. The van der Waals surface area contributed by atoms with E-state index in [1.165, 1.54) is 11.0 Å². The topological polar surface area (TPSA) is 96.3 Å². The van der Waals surface area contributed by atoms with Gasteiger partial charge in [-0.3, -0.25) is 9.69 Å². The molecule has 1 aliphatic carbocycles. The van der Waals surface area contributed by atoms with Crippen molar-refractivity contribution in [2.24, 2.45) is 0 Å². The smallest absolute Gasteiger partial charge is 0.460 e. The average molecular weight is 501 g/mol. The fourth-order valence-electron chi connectivity index (χ4n) is 4.76. The van der Waals surface area contributed by atoms with Gasteiger partial charge in [0.15, 0.2) is 0 Å². The zero-order valence-corrected chi connectivity index (χ0v) is 21.8. The van der Waals surface area contributed by atoms with Crippen LogP contribution >= 0.6 is 0 Å². The number of ether oxygens (including phenoxy) is 2. The van der Waals surface area contributed by atoms with Crippen molar-refractivity contribution in [3.05, 3.63) is 82.9 Å². The van der Waals surface area contributed by atoms with Crippen molar-refractivity contribution in [2.45, 2.75) is 45.6 Å². The molecule has 7 nitrogen and oxygen atoms in total. The molecule has 0 fully saturated rings. The molecule has 0 radical (unpaired) electrons. The predicted molar refractivity (Wildman–Crippen MR) is 144 cm³/mol. The molecule has 0 saturated heterocycles. The quantitative estimate of drug-likeness (QED) is 0.393. The van der Waals surface area contributed by atoms with E-state index >= 15 is 0 Å². The molecule has 4 rings (SSSR count). The fourth-order valence-corrected chi connectivity index (χ4v) is 4.76. The molecule has 3 aromatic rings. The van der Waals surface area contributed by atoms with Crippen molar-refractivity contribution >= 4 is 30.3 Å². The number of benzene rings is 3. The van der Waals surface area contributed by atoms with Crippen LogP contribution in [0.2, 0.25) is 0 Å². The highest BCUT2D eigenvalue weighted by molar-refractivity contribution is 6.59. The highest BCUT2D eigenvalue weighted by Gasteiger charge is 2.30. The number of esters is 1. The normalized spacial score (nSPS) is 12.5. The SMILES string of the molecule is Cc1c(CC(=O)OC(C)(C)C)cc(N(C)C(=O)OCC2c3ccccc3-c3ccccc32)cc1B(O)O. The number of amides is 1. The zero-order chi connectivity index (χ0) is 26.9. The summed E-state index contributed by atoms with van der Waals surface area (Å²) in [4.78, 5) is 26.9. The van der Waals surface area contributed by atoms with Crippen LogP contribution in [0.3, 0.4) is 0 Å². The summed E-state index contributed by atoms with van der Waals surface area (Å²) in [6.45, 7) is 7.20. The number of hydrogen-bond donors (Lipinski definition) is 2. The lowest BCUT2D eigenvalue weighted by molar-refractivity contribution is -0.153. The van der Waals surface area contributed by atoms with Gasteiger partial charge in [-0.15, -0.1) is 0 Å². The van der Waals surface area contributed by atoms with E-state index in [4.69, 9.17) is 9.47 Å². The van der Waals surface area contributed by atoms with Crippen LogP contribution in [-0.4, -0.2) is 48.5 Å². The van der Waals surface area contributed by atoms with E-state index in [9.17, 15) is 19.6 Å². The highest BCUT2D eigenvalue weighted by Crippen LogP contribution is 2.44. The predicted octanol–water partition coefficient (Wildman–Crippen LogP) is 3.94. The molecule has 37 heavy (non-hydrogen) atoms. The molecule has 0 heterocycles. The molecule has 0 aliphatic heterocycles. The van der Waals surface area contributed by atoms with Crippen LogP contribution in [0.5, 0.6) is 0 Å². The molecule has 0 spiro atoms. The van der Waals surface area contributed by atoms with Crippen LogP contribution in [0.25, 0.3) is 11.1 Å². The minimum absolute atomic E-state index is 0.0742. The summed E-state index contributed by atoms with van der Waals surface area (Å²) in [6.07, 6.45) is -0.665. The van der Waals surface area contributed by atoms with E-state index in [2.05, 4.69) is 24.3 Å². The molecule has 1 aliphatic rings. The lowest BCUT2D eigenvalue weighted by atomic mass is 9.75. The Morgan fingerprint density at radius 2 is 1.54 bits per heavy atom. The third-order valence-corrected chi connectivity index (χ3v) is 6.57. The number of fused-ring (bicyclic) bond motifs is 3. The monoisotopic (exact) mass is 501 g/mol. The maximum atomic E-state index is 13.1. The van der Waals surface area contributed by atoms with Gasteiger partial charge in [0.2, 0.25) is 0 Å². The van der Waals surface area contributed by atoms with Gasteiger partial charge in [-0.25, -0.2) is 4.79 Å². The van der Waals surface area contributed by atoms with E-state index in [0.717, 1.165) is 22.3 Å². The van der Waals surface area contributed by atoms with Gasteiger partial charge in [0.1, 0.15) is 12.2 Å². The first-order valence-electron chi connectivity index (χ1n) is 12.3. The summed E-state index contributed by atoms with van der Waals surface area (Å²) in [5.74, 6) is -0.532. The van der Waals surface area contributed by atoms with Crippen molar-refractivity contribution in [1.29, 1.82) is 0 Å². The average Bonchev–Trinajstić information content (AvgIpc) is 3.15. The molecule has 0 aromatic heterocycles. The van der Waals surface area contributed by atoms with E-state index in [-0.39, 0.29) is 24.4 Å². The van der Waals surface area contributed by atoms with Crippen LogP contribution < -0.4 is 10.4 Å². The maximum Gasteiger partial charge on any atom is 0.488 e. The Kier molecular flexibility index (Phi) is 7.43. The summed E-state index contributed by atoms with van der Waals surface area (Å²) < 4.78 is 11.2. The molecule has 8 heteroatoms. The molecule has 0 unspecified atom stereocenters. The molecular formula is C29H32BNO6. The van der Waals surface area contributed by atoms with E-state index in [0.29, 0.717) is 16.8 Å². The summed E-state index contributed by atoms with van der Waals surface area (Å²) in [5.41, 5.74) is 5.51. The lowest BCUT2D eigenvalue weighted by Crippen LogP contribution is -2.36. The maximum absolute atomic E-state index is 13.1. The second kappa shape index (κ2) is 10.4. The third kappa shape index (κ3) is 5.71. The number of nitrogens with zero attached hydrogens (tertiary/aromatic N) is 1. The van der Waals surface area contributed by atoms with Gasteiger partial charge in [-0.2, -0.15) is 0 Å². The van der Waals surface area contributed by atoms with Crippen LogP contribution in [0, 0.1) is 6.92 Å². The van der Waals surface area contributed by atoms with Crippen LogP contribution in [0.15, 0.2) is 60.7 Å². The lowest BCUT2D eigenvalue weighted by Gasteiger charge is -2.23. The molecule has 0 saturated carbocycles. The van der Waals surface area contributed by atoms with Crippen molar-refractivity contribution in [3.63, 3.8) is 0 Å². The summed E-state index contributed by atoms with van der Waals surface area (Å²) in [6, 6.07) is 19.4. The Morgan fingerprint density at radius 3 is 2.08 bits per heavy atom. The van der Waals surface area contributed by atoms with Gasteiger partial charge in [0.05, 0.1) is 6.42 Å². The highest BCUT2D eigenvalue weighted by atomic mass is 16.6. The second-order valence-corrected chi connectivity index (χ2v) is 10.3. The second-order valence-electron chi connectivity index (χ2n) is 10.3. The standard InChI is InChI=1S/C29H32BNO6/c1-18-19(15-27(32)37-29(2,3)4)14-20(16-26(18)30(34)35)31(5)28(33)36-17-25-23-12-8-6-10-21(23)22-11-7-9-13-24(22)25/h6-14,16,25,34-35H,15,17H2,1-5H3. The zero-order valence-electron chi connectivity index (χ0n) is 21.8. The van der Waals surface area contributed by atoms with Gasteiger partial charge in [-0.1, -0.05) is 48.5 Å². The van der Waals surface area contributed by atoms with Gasteiger partial charge >= 0.3 is 19.2 Å². The van der Waals surface area contributed by atoms with Crippen LogP contribution in [0.1, 0.15) is 48.9 Å². The third-order valence-electron chi connectivity index (χ3n) is 6.57. The number of rotatable bonds is 6. The van der Waals surface area contributed by atoms with Crippen LogP contribution in [-0.2, 0) is 20.7 Å². The number of carbonyl (C=O) groups is 2. The molecule has 0 atom stereocenters. The number of carbonyl (C=O) groups excluding carboxylic acids is 2. The molecule has 1 amide bonds. The first kappa shape index (κ1) is 26.4. The van der Waals surface area contributed by atoms with Crippen LogP contribution in [0.4, 0.5) is 10.5 Å². The summed E-state index contributed by atoms with van der Waals surface area (Å²) in [7, 11) is -0.220. The summed E-state index contributed by atoms with van der Waals surface area (Å²) >= 11 is 0. The minimum Gasteiger partial charge on any atom is -0.460 e. The first-order chi connectivity index (χ1) is 17.5. The molecule has 192 valence electrons. The van der Waals surface area contributed by atoms with Gasteiger partial charge < -0.3 is 19.5 Å². The van der Waals surface area contributed by atoms with Gasteiger partial charge in [0.25, 0.3) is 0 Å². The van der Waals surface area contributed by atoms with Crippen molar-refractivity contribution in [2.75, 3.05) is 18.6 Å². The fraction of sp³-hybridized carbons (Fsp3) is 0.310. The Hall–Kier alpha value is -3.62. The Labute approximate surface area is 217 Å². The van der Waals surface area contributed by atoms with Crippen molar-refractivity contribution in [1.82, 2.24) is 0 Å². The van der Waals surface area contributed by atoms with E-state index in [1.54, 1.807) is 40.8 Å². The minimum atomic E-state index is -1.77. The first-order valence-corrected chi connectivity index (χ1v) is 12.3. The Bertz CT molecular complexity index is 1280. The molecular weight excluding hydrogens is 469 g/mol. The van der Waals surface area contributed by atoms with Crippen molar-refractivity contribution in [3.8, 4) is 11.1 Å². The Morgan fingerprint density at radius 1 is 0.973 bits per heavy atom. The summed E-state index contributed by atoms with van der Waals surface area (Å²) in [5, 5.41) is 19.9. The van der Waals surface area contributed by atoms with E-state index in [1.807, 2.05) is 24.3 Å². The number of hydrogen-bond acceptors (Lipinski definition) is 6. The van der Waals surface area contributed by atoms with Gasteiger partial charge in [0, 0.05) is 18.7 Å². The van der Waals surface area contributed by atoms with Crippen molar-refractivity contribution < 1.29 is 29.1 Å². The molecule has 0 bridgehead atoms. The Balaban J connectivity index is 1.55. The van der Waals surface area contributed by atoms with Gasteiger partial charge in [-0.05, 0) is 78.7 Å². The van der Waals surface area contributed by atoms with E-state index < -0.39 is 24.8 Å². The largest absolute Gasteiger partial charge is 0.488 e.